The number of amides is 1. The van der Waals surface area contributed by atoms with E-state index in [0.717, 1.165) is 41.2 Å². The zero-order chi connectivity index (χ0) is 19.8. The van der Waals surface area contributed by atoms with Gasteiger partial charge in [0.25, 0.3) is 5.91 Å². The third-order valence-electron chi connectivity index (χ3n) is 5.32. The van der Waals surface area contributed by atoms with Gasteiger partial charge in [0.2, 0.25) is 10.0 Å². The van der Waals surface area contributed by atoms with Crippen molar-refractivity contribution in [3.8, 4) is 0 Å². The molecule has 2 aliphatic rings. The van der Waals surface area contributed by atoms with Crippen LogP contribution < -0.4 is 5.32 Å². The fourth-order valence-corrected chi connectivity index (χ4v) is 7.34. The minimum absolute atomic E-state index is 0.0912. The first-order valence-corrected chi connectivity index (χ1v) is 12.6. The number of carbonyl (C=O) groups excluding carboxylic acids is 1. The van der Waals surface area contributed by atoms with Gasteiger partial charge in [0, 0.05) is 36.6 Å². The second kappa shape index (κ2) is 7.78. The highest BCUT2D eigenvalue weighted by molar-refractivity contribution is 7.99. The largest absolute Gasteiger partial charge is 0.350 e. The van der Waals surface area contributed by atoms with Gasteiger partial charge in [-0.1, -0.05) is 12.1 Å². The maximum absolute atomic E-state index is 13.2. The standard InChI is InChI=1S/C19H21FN2O3S3/c20-15-3-1-14(2-4-15)19(6-7-19)13-21-18(23)17-16(5-10-27-17)28(24,25)22-8-11-26-12-9-22/h1-5,10H,6-9,11-13H2,(H,21,23). The molecule has 0 atom stereocenters. The molecule has 5 nitrogen and oxygen atoms in total. The lowest BCUT2D eigenvalue weighted by atomic mass is 9.96. The van der Waals surface area contributed by atoms with E-state index in [1.165, 1.54) is 22.5 Å². The van der Waals surface area contributed by atoms with Crippen molar-refractivity contribution in [3.63, 3.8) is 0 Å². The Kier molecular flexibility index (Phi) is 5.52. The van der Waals surface area contributed by atoms with Crippen LogP contribution in [0, 0.1) is 5.82 Å². The number of rotatable bonds is 6. The number of carbonyl (C=O) groups is 1. The molecule has 2 aromatic rings. The van der Waals surface area contributed by atoms with E-state index in [1.54, 1.807) is 29.3 Å². The van der Waals surface area contributed by atoms with E-state index >= 15 is 0 Å². The molecule has 2 fully saturated rings. The number of hydrogen-bond acceptors (Lipinski definition) is 5. The van der Waals surface area contributed by atoms with Crippen LogP contribution in [0.5, 0.6) is 0 Å². The summed E-state index contributed by atoms with van der Waals surface area (Å²) in [7, 11) is -3.66. The summed E-state index contributed by atoms with van der Waals surface area (Å²) in [6.45, 7) is 1.35. The highest BCUT2D eigenvalue weighted by Gasteiger charge is 2.44. The molecule has 4 rings (SSSR count). The van der Waals surface area contributed by atoms with Gasteiger partial charge in [-0.25, -0.2) is 12.8 Å². The van der Waals surface area contributed by atoms with Crippen molar-refractivity contribution in [1.82, 2.24) is 9.62 Å². The highest BCUT2D eigenvalue weighted by Crippen LogP contribution is 2.47. The minimum atomic E-state index is -3.66. The van der Waals surface area contributed by atoms with E-state index in [0.29, 0.717) is 19.6 Å². The van der Waals surface area contributed by atoms with Crippen molar-refractivity contribution in [2.24, 2.45) is 0 Å². The van der Waals surface area contributed by atoms with Crippen molar-refractivity contribution in [2.75, 3.05) is 31.1 Å². The molecule has 28 heavy (non-hydrogen) atoms. The van der Waals surface area contributed by atoms with Crippen molar-refractivity contribution < 1.29 is 17.6 Å². The molecule has 2 heterocycles. The lowest BCUT2D eigenvalue weighted by Crippen LogP contribution is -2.39. The van der Waals surface area contributed by atoms with Crippen LogP contribution in [-0.2, 0) is 15.4 Å². The van der Waals surface area contributed by atoms with Gasteiger partial charge >= 0.3 is 0 Å². The molecule has 0 radical (unpaired) electrons. The number of nitrogens with zero attached hydrogens (tertiary/aromatic N) is 1. The quantitative estimate of drug-likeness (QED) is 0.750. The van der Waals surface area contributed by atoms with E-state index in [4.69, 9.17) is 0 Å². The number of nitrogens with one attached hydrogen (secondary N) is 1. The number of halogens is 1. The third kappa shape index (κ3) is 3.85. The van der Waals surface area contributed by atoms with Crippen molar-refractivity contribution in [1.29, 1.82) is 0 Å². The first-order chi connectivity index (χ1) is 13.4. The Morgan fingerprint density at radius 3 is 2.46 bits per heavy atom. The second-order valence-electron chi connectivity index (χ2n) is 7.10. The van der Waals surface area contributed by atoms with Gasteiger partial charge in [-0.15, -0.1) is 11.3 Å². The Morgan fingerprint density at radius 1 is 1.14 bits per heavy atom. The summed E-state index contributed by atoms with van der Waals surface area (Å²) >= 11 is 2.88. The van der Waals surface area contributed by atoms with Crippen LogP contribution in [0.3, 0.4) is 0 Å². The Morgan fingerprint density at radius 2 is 1.82 bits per heavy atom. The monoisotopic (exact) mass is 440 g/mol. The molecular formula is C19H21FN2O3S3. The molecule has 1 amide bonds. The first kappa shape index (κ1) is 19.9. The predicted octanol–water partition coefficient (Wildman–Crippen LogP) is 3.09. The second-order valence-corrected chi connectivity index (χ2v) is 11.1. The fourth-order valence-electron chi connectivity index (χ4n) is 3.44. The third-order valence-corrected chi connectivity index (χ3v) is 9.25. The van der Waals surface area contributed by atoms with Gasteiger partial charge in [-0.05, 0) is 42.0 Å². The van der Waals surface area contributed by atoms with Crippen molar-refractivity contribution in [3.05, 3.63) is 52.0 Å². The Hall–Kier alpha value is -1.42. The summed E-state index contributed by atoms with van der Waals surface area (Å²) in [5, 5.41) is 4.55. The lowest BCUT2D eigenvalue weighted by Gasteiger charge is -2.25. The molecule has 0 spiro atoms. The average molecular weight is 441 g/mol. The van der Waals surface area contributed by atoms with E-state index in [9.17, 15) is 17.6 Å². The van der Waals surface area contributed by atoms with E-state index in [-0.39, 0.29) is 26.9 Å². The minimum Gasteiger partial charge on any atom is -0.350 e. The smallest absolute Gasteiger partial charge is 0.262 e. The van der Waals surface area contributed by atoms with Crippen LogP contribution in [0.4, 0.5) is 4.39 Å². The maximum Gasteiger partial charge on any atom is 0.262 e. The van der Waals surface area contributed by atoms with E-state index in [1.807, 2.05) is 0 Å². The zero-order valence-corrected chi connectivity index (χ0v) is 17.6. The van der Waals surface area contributed by atoms with Gasteiger partial charge < -0.3 is 5.32 Å². The topological polar surface area (TPSA) is 66.5 Å². The van der Waals surface area contributed by atoms with Crippen LogP contribution in [0.1, 0.15) is 28.1 Å². The van der Waals surface area contributed by atoms with Gasteiger partial charge in [-0.3, -0.25) is 4.79 Å². The Labute approximate surface area is 172 Å². The van der Waals surface area contributed by atoms with Gasteiger partial charge in [-0.2, -0.15) is 16.1 Å². The maximum atomic E-state index is 13.2. The number of sulfonamides is 1. The molecule has 1 aromatic heterocycles. The van der Waals surface area contributed by atoms with Crippen molar-refractivity contribution in [2.45, 2.75) is 23.2 Å². The van der Waals surface area contributed by atoms with Gasteiger partial charge in [0.15, 0.2) is 0 Å². The molecular weight excluding hydrogens is 419 g/mol. The molecule has 150 valence electrons. The van der Waals surface area contributed by atoms with E-state index in [2.05, 4.69) is 5.32 Å². The van der Waals surface area contributed by atoms with Crippen LogP contribution in [0.2, 0.25) is 0 Å². The highest BCUT2D eigenvalue weighted by atomic mass is 32.2. The van der Waals surface area contributed by atoms with Crippen LogP contribution in [0.15, 0.2) is 40.6 Å². The molecule has 1 aliphatic heterocycles. The summed E-state index contributed by atoms with van der Waals surface area (Å²) in [4.78, 5) is 13.1. The number of thioether (sulfide) groups is 1. The molecule has 1 saturated carbocycles. The van der Waals surface area contributed by atoms with E-state index < -0.39 is 10.0 Å². The van der Waals surface area contributed by atoms with Crippen LogP contribution >= 0.6 is 23.1 Å². The van der Waals surface area contributed by atoms with Gasteiger partial charge in [0.1, 0.15) is 15.6 Å². The SMILES string of the molecule is O=C(NCC1(c2ccc(F)cc2)CC1)c1sccc1S(=O)(=O)N1CCSCC1. The Bertz CT molecular complexity index is 963. The van der Waals surface area contributed by atoms with Gasteiger partial charge in [0.05, 0.1) is 0 Å². The molecule has 0 unspecified atom stereocenters. The predicted molar refractivity (Wildman–Crippen MR) is 110 cm³/mol. The zero-order valence-electron chi connectivity index (χ0n) is 15.2. The summed E-state index contributed by atoms with van der Waals surface area (Å²) in [6.07, 6.45) is 1.83. The molecule has 0 bridgehead atoms. The summed E-state index contributed by atoms with van der Waals surface area (Å²) < 4.78 is 40.5. The number of benzene rings is 1. The summed E-state index contributed by atoms with van der Waals surface area (Å²) in [5.74, 6) is 0.886. The van der Waals surface area contributed by atoms with Crippen LogP contribution in [0.25, 0.3) is 0 Å². The summed E-state index contributed by atoms with van der Waals surface area (Å²) in [6, 6.07) is 7.88. The molecule has 1 N–H and O–H groups in total. The molecule has 1 aromatic carbocycles. The van der Waals surface area contributed by atoms with Crippen molar-refractivity contribution >= 4 is 39.0 Å². The molecule has 9 heteroatoms. The molecule has 1 saturated heterocycles. The molecule has 1 aliphatic carbocycles. The number of hydrogen-bond donors (Lipinski definition) is 1. The fraction of sp³-hybridized carbons (Fsp3) is 0.421. The number of thiophene rings is 1. The first-order valence-electron chi connectivity index (χ1n) is 9.12. The Balaban J connectivity index is 1.48. The summed E-state index contributed by atoms with van der Waals surface area (Å²) in [5.41, 5.74) is 0.822. The lowest BCUT2D eigenvalue weighted by molar-refractivity contribution is 0.0950. The average Bonchev–Trinajstić information content (AvgIpc) is 3.32. The normalized spacial score (nSPS) is 19.3. The van der Waals surface area contributed by atoms with Crippen LogP contribution in [-0.4, -0.2) is 49.8 Å².